The highest BCUT2D eigenvalue weighted by Crippen LogP contribution is 2.24. The molecule has 0 fully saturated rings. The van der Waals surface area contributed by atoms with Gasteiger partial charge in [-0.25, -0.2) is 0 Å². The van der Waals surface area contributed by atoms with E-state index in [1.54, 1.807) is 11.3 Å². The van der Waals surface area contributed by atoms with Gasteiger partial charge in [0.15, 0.2) is 0 Å². The van der Waals surface area contributed by atoms with Gasteiger partial charge in [0.25, 0.3) is 0 Å². The Morgan fingerprint density at radius 1 is 1.56 bits per heavy atom. The first kappa shape index (κ1) is 13.9. The van der Waals surface area contributed by atoms with Crippen molar-refractivity contribution in [2.45, 2.75) is 19.4 Å². The first-order valence-electron chi connectivity index (χ1n) is 5.40. The third kappa shape index (κ3) is 5.27. The first-order chi connectivity index (χ1) is 7.74. The summed E-state index contributed by atoms with van der Waals surface area (Å²) in [7, 11) is 0. The lowest BCUT2D eigenvalue weighted by Gasteiger charge is -2.12. The monoisotopic (exact) mass is 263 g/mol. The van der Waals surface area contributed by atoms with E-state index >= 15 is 0 Å². The highest BCUT2D eigenvalue weighted by molar-refractivity contribution is 7.14. The van der Waals surface area contributed by atoms with Crippen molar-refractivity contribution < 1.29 is 9.84 Å². The molecule has 0 aliphatic rings. The van der Waals surface area contributed by atoms with E-state index in [1.807, 2.05) is 6.07 Å². The quantitative estimate of drug-likeness (QED) is 0.708. The van der Waals surface area contributed by atoms with Crippen LogP contribution in [0.25, 0.3) is 0 Å². The lowest BCUT2D eigenvalue weighted by molar-refractivity contribution is 0.0904. The molecule has 1 unspecified atom stereocenters. The van der Waals surface area contributed by atoms with Gasteiger partial charge in [-0.3, -0.25) is 0 Å². The van der Waals surface area contributed by atoms with Crippen molar-refractivity contribution in [1.29, 1.82) is 0 Å². The third-order valence-corrected chi connectivity index (χ3v) is 3.35. The van der Waals surface area contributed by atoms with Crippen LogP contribution in [0.15, 0.2) is 11.4 Å². The topological polar surface area (TPSA) is 41.5 Å². The van der Waals surface area contributed by atoms with Crippen LogP contribution in [0.4, 0.5) is 0 Å². The summed E-state index contributed by atoms with van der Waals surface area (Å²) in [5, 5.41) is 14.0. The van der Waals surface area contributed by atoms with Gasteiger partial charge in [0.2, 0.25) is 0 Å². The molecule has 0 saturated heterocycles. The van der Waals surface area contributed by atoms with Crippen LogP contribution < -0.4 is 5.32 Å². The molecule has 3 nitrogen and oxygen atoms in total. The fourth-order valence-corrected chi connectivity index (χ4v) is 2.31. The van der Waals surface area contributed by atoms with Crippen LogP contribution in [-0.2, 0) is 4.74 Å². The summed E-state index contributed by atoms with van der Waals surface area (Å²) in [5.41, 5.74) is 1.23. The summed E-state index contributed by atoms with van der Waals surface area (Å²) in [4.78, 5) is 0. The second-order valence-corrected chi connectivity index (χ2v) is 5.09. The molecule has 0 aliphatic carbocycles. The molecule has 0 radical (unpaired) electrons. The van der Waals surface area contributed by atoms with Crippen molar-refractivity contribution in [3.63, 3.8) is 0 Å². The molecule has 1 rings (SSSR count). The highest BCUT2D eigenvalue weighted by atomic mass is 35.5. The molecule has 1 aromatic rings. The van der Waals surface area contributed by atoms with Crippen LogP contribution in [0.2, 0.25) is 4.34 Å². The maximum absolute atomic E-state index is 8.51. The zero-order valence-electron chi connectivity index (χ0n) is 9.41. The molecule has 16 heavy (non-hydrogen) atoms. The lowest BCUT2D eigenvalue weighted by Crippen LogP contribution is -2.20. The third-order valence-electron chi connectivity index (χ3n) is 2.24. The van der Waals surface area contributed by atoms with Crippen LogP contribution in [0.3, 0.4) is 0 Å². The van der Waals surface area contributed by atoms with Gasteiger partial charge in [0.1, 0.15) is 0 Å². The fourth-order valence-electron chi connectivity index (χ4n) is 1.33. The summed E-state index contributed by atoms with van der Waals surface area (Å²) in [5.74, 6) is 0. The van der Waals surface area contributed by atoms with Crippen molar-refractivity contribution in [3.05, 3.63) is 21.3 Å². The summed E-state index contributed by atoms with van der Waals surface area (Å²) >= 11 is 7.43. The number of thiophene rings is 1. The van der Waals surface area contributed by atoms with Crippen molar-refractivity contribution in [1.82, 2.24) is 5.32 Å². The molecular formula is C11H18ClNO2S. The van der Waals surface area contributed by atoms with Crippen LogP contribution in [-0.4, -0.2) is 31.5 Å². The Kier molecular flexibility index (Phi) is 7.00. The standard InChI is InChI=1S/C11H18ClNO2S/c1-9(10-7-11(12)16-8-10)13-3-2-5-15-6-4-14/h7-9,13-14H,2-6H2,1H3. The van der Waals surface area contributed by atoms with Crippen LogP contribution in [0.1, 0.15) is 24.9 Å². The Morgan fingerprint density at radius 2 is 2.38 bits per heavy atom. The minimum atomic E-state index is 0.0945. The maximum atomic E-state index is 8.51. The van der Waals surface area contributed by atoms with Gasteiger partial charge in [-0.05, 0) is 36.9 Å². The van der Waals surface area contributed by atoms with Crippen molar-refractivity contribution in [3.8, 4) is 0 Å². The Morgan fingerprint density at radius 3 is 3.00 bits per heavy atom. The van der Waals surface area contributed by atoms with Crippen LogP contribution in [0, 0.1) is 0 Å². The van der Waals surface area contributed by atoms with Gasteiger partial charge in [-0.2, -0.15) is 0 Å². The van der Waals surface area contributed by atoms with Gasteiger partial charge in [-0.1, -0.05) is 11.6 Å². The Labute approximate surface area is 105 Å². The summed E-state index contributed by atoms with van der Waals surface area (Å²) in [6.07, 6.45) is 0.947. The van der Waals surface area contributed by atoms with E-state index in [4.69, 9.17) is 21.4 Å². The molecule has 0 aliphatic heterocycles. The van der Waals surface area contributed by atoms with Crippen molar-refractivity contribution in [2.24, 2.45) is 0 Å². The average molecular weight is 264 g/mol. The van der Waals surface area contributed by atoms with Crippen LogP contribution >= 0.6 is 22.9 Å². The number of hydrogen-bond donors (Lipinski definition) is 2. The predicted octanol–water partition coefficient (Wildman–Crippen LogP) is 2.45. The number of nitrogens with one attached hydrogen (secondary N) is 1. The molecule has 0 aromatic carbocycles. The molecular weight excluding hydrogens is 246 g/mol. The lowest BCUT2D eigenvalue weighted by atomic mass is 10.2. The van der Waals surface area contributed by atoms with E-state index in [2.05, 4.69) is 17.6 Å². The van der Waals surface area contributed by atoms with E-state index < -0.39 is 0 Å². The summed E-state index contributed by atoms with van der Waals surface area (Å²) in [6.45, 7) is 4.23. The number of rotatable bonds is 8. The molecule has 92 valence electrons. The van der Waals surface area contributed by atoms with E-state index in [9.17, 15) is 0 Å². The minimum absolute atomic E-state index is 0.0945. The molecule has 1 heterocycles. The summed E-state index contributed by atoms with van der Waals surface area (Å²) < 4.78 is 5.99. The van der Waals surface area contributed by atoms with E-state index in [0.29, 0.717) is 19.3 Å². The Hall–Kier alpha value is -0.130. The Bertz CT molecular complexity index is 293. The molecule has 5 heteroatoms. The fraction of sp³-hybridized carbons (Fsp3) is 0.636. The van der Waals surface area contributed by atoms with Crippen LogP contribution in [0.5, 0.6) is 0 Å². The highest BCUT2D eigenvalue weighted by Gasteiger charge is 2.06. The zero-order valence-corrected chi connectivity index (χ0v) is 11.0. The zero-order chi connectivity index (χ0) is 11.8. The molecule has 1 atom stereocenters. The van der Waals surface area contributed by atoms with Gasteiger partial charge in [-0.15, -0.1) is 11.3 Å². The number of aliphatic hydroxyl groups excluding tert-OH is 1. The predicted molar refractivity (Wildman–Crippen MR) is 68.3 cm³/mol. The molecule has 0 spiro atoms. The minimum Gasteiger partial charge on any atom is -0.394 e. The van der Waals surface area contributed by atoms with Crippen molar-refractivity contribution in [2.75, 3.05) is 26.4 Å². The smallest absolute Gasteiger partial charge is 0.0931 e. The SMILES string of the molecule is CC(NCCCOCCO)c1csc(Cl)c1. The maximum Gasteiger partial charge on any atom is 0.0931 e. The largest absolute Gasteiger partial charge is 0.394 e. The van der Waals surface area contributed by atoms with Gasteiger partial charge in [0, 0.05) is 12.6 Å². The number of aliphatic hydroxyl groups is 1. The molecule has 0 amide bonds. The number of hydrogen-bond acceptors (Lipinski definition) is 4. The Balaban J connectivity index is 2.09. The number of ether oxygens (including phenoxy) is 1. The van der Waals surface area contributed by atoms with Gasteiger partial charge in [0.05, 0.1) is 17.6 Å². The van der Waals surface area contributed by atoms with E-state index in [-0.39, 0.29) is 6.61 Å². The van der Waals surface area contributed by atoms with Crippen molar-refractivity contribution >= 4 is 22.9 Å². The average Bonchev–Trinajstić information content (AvgIpc) is 2.70. The first-order valence-corrected chi connectivity index (χ1v) is 6.65. The molecule has 2 N–H and O–H groups in total. The van der Waals surface area contributed by atoms with Gasteiger partial charge < -0.3 is 15.2 Å². The number of halogens is 1. The molecule has 0 saturated carbocycles. The molecule has 1 aromatic heterocycles. The van der Waals surface area contributed by atoms with Gasteiger partial charge >= 0.3 is 0 Å². The second-order valence-electron chi connectivity index (χ2n) is 3.55. The molecule has 0 bridgehead atoms. The van der Waals surface area contributed by atoms with E-state index in [0.717, 1.165) is 17.3 Å². The second kappa shape index (κ2) is 8.03. The summed E-state index contributed by atoms with van der Waals surface area (Å²) in [6, 6.07) is 2.31. The van der Waals surface area contributed by atoms with E-state index in [1.165, 1.54) is 5.56 Å². The normalized spacial score (nSPS) is 12.9.